The van der Waals surface area contributed by atoms with E-state index >= 15 is 0 Å². The summed E-state index contributed by atoms with van der Waals surface area (Å²) in [4.78, 5) is 11.8. The van der Waals surface area contributed by atoms with Crippen molar-refractivity contribution in [3.63, 3.8) is 0 Å². The Kier molecular flexibility index (Phi) is 3.51. The Balaban J connectivity index is 2.13. The van der Waals surface area contributed by atoms with Crippen LogP contribution in [0.1, 0.15) is 30.9 Å². The number of rotatable bonds is 5. The van der Waals surface area contributed by atoms with Crippen LogP contribution in [0.4, 0.5) is 0 Å². The van der Waals surface area contributed by atoms with Gasteiger partial charge in [-0.2, -0.15) is 0 Å². The molecule has 16 heavy (non-hydrogen) atoms. The first-order valence-corrected chi connectivity index (χ1v) is 6.27. The topological polar surface area (TPSA) is 63.3 Å². The number of nitrogens with two attached hydrogens (primary N) is 1. The summed E-state index contributed by atoms with van der Waals surface area (Å²) in [5.41, 5.74) is 6.86. The first kappa shape index (κ1) is 11.5. The minimum absolute atomic E-state index is 0.0117. The van der Waals surface area contributed by atoms with Crippen LogP contribution in [0.15, 0.2) is 29.2 Å². The molecule has 1 saturated carbocycles. The minimum atomic E-state index is -0.848. The molecule has 4 heteroatoms. The van der Waals surface area contributed by atoms with Crippen LogP contribution < -0.4 is 5.73 Å². The molecule has 0 bridgehead atoms. The van der Waals surface area contributed by atoms with Crippen LogP contribution >= 0.6 is 11.8 Å². The lowest BCUT2D eigenvalue weighted by Gasteiger charge is -2.14. The molecular formula is C12H15NO2S. The molecule has 3 nitrogen and oxygen atoms in total. The molecule has 1 unspecified atom stereocenters. The second-order valence-corrected chi connectivity index (χ2v) is 5.40. The number of carbonyl (C=O) groups is 1. The lowest BCUT2D eigenvalue weighted by molar-refractivity contribution is -0.137. The number of carboxylic acids is 1. The number of thioether (sulfide) groups is 1. The molecule has 0 radical (unpaired) electrons. The molecule has 2 rings (SSSR count). The Morgan fingerprint density at radius 2 is 2.19 bits per heavy atom. The van der Waals surface area contributed by atoms with Gasteiger partial charge in [0.05, 0.1) is 6.42 Å². The van der Waals surface area contributed by atoms with E-state index in [4.69, 9.17) is 10.8 Å². The average molecular weight is 237 g/mol. The van der Waals surface area contributed by atoms with Crippen molar-refractivity contribution >= 4 is 17.7 Å². The van der Waals surface area contributed by atoms with Crippen molar-refractivity contribution in [2.75, 3.05) is 0 Å². The summed E-state index contributed by atoms with van der Waals surface area (Å²) in [6.45, 7) is 0. The number of benzene rings is 1. The van der Waals surface area contributed by atoms with Crippen LogP contribution in [-0.2, 0) is 4.79 Å². The summed E-state index contributed by atoms with van der Waals surface area (Å²) in [6, 6.07) is 7.44. The fourth-order valence-corrected chi connectivity index (χ4v) is 2.80. The first-order chi connectivity index (χ1) is 7.66. The predicted molar refractivity (Wildman–Crippen MR) is 64.5 cm³/mol. The SMILES string of the molecule is NC(CC(=O)O)c1ccccc1SC1CC1. The van der Waals surface area contributed by atoms with Gasteiger partial charge in [-0.15, -0.1) is 11.8 Å². The highest BCUT2D eigenvalue weighted by atomic mass is 32.2. The third kappa shape index (κ3) is 3.00. The molecular weight excluding hydrogens is 222 g/mol. The Labute approximate surface area is 99.0 Å². The van der Waals surface area contributed by atoms with Gasteiger partial charge in [-0.1, -0.05) is 18.2 Å². The van der Waals surface area contributed by atoms with Crippen LogP contribution in [0.25, 0.3) is 0 Å². The van der Waals surface area contributed by atoms with Crippen molar-refractivity contribution in [2.45, 2.75) is 35.4 Å². The summed E-state index contributed by atoms with van der Waals surface area (Å²) in [5.74, 6) is -0.848. The second kappa shape index (κ2) is 4.89. The number of aliphatic carboxylic acids is 1. The summed E-state index contributed by atoms with van der Waals surface area (Å²) in [6.07, 6.45) is 2.50. The van der Waals surface area contributed by atoms with Crippen molar-refractivity contribution in [3.05, 3.63) is 29.8 Å². The molecule has 0 amide bonds. The molecule has 0 aromatic heterocycles. The molecule has 3 N–H and O–H groups in total. The highest BCUT2D eigenvalue weighted by Crippen LogP contribution is 2.41. The molecule has 0 saturated heterocycles. The zero-order valence-electron chi connectivity index (χ0n) is 8.93. The maximum absolute atomic E-state index is 10.6. The molecule has 1 aliphatic rings. The molecule has 86 valence electrons. The zero-order chi connectivity index (χ0) is 11.5. The standard InChI is InChI=1S/C12H15NO2S/c13-10(7-12(14)15)9-3-1-2-4-11(9)16-8-5-6-8/h1-4,8,10H,5-7,13H2,(H,14,15). The van der Waals surface area contributed by atoms with Crippen LogP contribution in [0, 0.1) is 0 Å². The van der Waals surface area contributed by atoms with Gasteiger partial charge < -0.3 is 10.8 Å². The van der Waals surface area contributed by atoms with Gasteiger partial charge in [0.1, 0.15) is 0 Å². The third-order valence-electron chi connectivity index (χ3n) is 2.53. The van der Waals surface area contributed by atoms with Crippen LogP contribution in [0.3, 0.4) is 0 Å². The van der Waals surface area contributed by atoms with Gasteiger partial charge in [-0.3, -0.25) is 4.79 Å². The van der Waals surface area contributed by atoms with E-state index in [9.17, 15) is 4.79 Å². The van der Waals surface area contributed by atoms with E-state index in [0.29, 0.717) is 5.25 Å². The number of hydrogen-bond donors (Lipinski definition) is 2. The van der Waals surface area contributed by atoms with Gasteiger partial charge in [0, 0.05) is 16.2 Å². The van der Waals surface area contributed by atoms with Crippen molar-refractivity contribution in [3.8, 4) is 0 Å². The summed E-state index contributed by atoms with van der Waals surface area (Å²) in [5, 5.41) is 9.45. The third-order valence-corrected chi connectivity index (χ3v) is 3.96. The monoisotopic (exact) mass is 237 g/mol. The molecule has 0 aliphatic heterocycles. The quantitative estimate of drug-likeness (QED) is 0.825. The van der Waals surface area contributed by atoms with Gasteiger partial charge in [-0.25, -0.2) is 0 Å². The molecule has 0 spiro atoms. The van der Waals surface area contributed by atoms with E-state index in [1.165, 1.54) is 12.8 Å². The Bertz CT molecular complexity index is 390. The lowest BCUT2D eigenvalue weighted by atomic mass is 10.1. The normalized spacial score (nSPS) is 17.1. The van der Waals surface area contributed by atoms with Crippen LogP contribution in [-0.4, -0.2) is 16.3 Å². The smallest absolute Gasteiger partial charge is 0.305 e. The predicted octanol–water partition coefficient (Wildman–Crippen LogP) is 2.42. The molecule has 0 heterocycles. The van der Waals surface area contributed by atoms with Gasteiger partial charge >= 0.3 is 5.97 Å². The van der Waals surface area contributed by atoms with E-state index in [0.717, 1.165) is 10.5 Å². The van der Waals surface area contributed by atoms with Gasteiger partial charge in [0.2, 0.25) is 0 Å². The largest absolute Gasteiger partial charge is 0.481 e. The Hall–Kier alpha value is -1.00. The lowest BCUT2D eigenvalue weighted by Crippen LogP contribution is -2.15. The van der Waals surface area contributed by atoms with Gasteiger partial charge in [0.25, 0.3) is 0 Å². The molecule has 1 atom stereocenters. The van der Waals surface area contributed by atoms with Crippen molar-refractivity contribution in [1.29, 1.82) is 0 Å². The van der Waals surface area contributed by atoms with E-state index in [1.807, 2.05) is 36.0 Å². The van der Waals surface area contributed by atoms with E-state index < -0.39 is 12.0 Å². The highest BCUT2D eigenvalue weighted by molar-refractivity contribution is 8.00. The van der Waals surface area contributed by atoms with Crippen LogP contribution in [0.2, 0.25) is 0 Å². The number of carboxylic acid groups (broad SMARTS) is 1. The fourth-order valence-electron chi connectivity index (χ4n) is 1.56. The average Bonchev–Trinajstić information content (AvgIpc) is 3.01. The maximum atomic E-state index is 10.6. The molecule has 1 fully saturated rings. The van der Waals surface area contributed by atoms with Gasteiger partial charge in [-0.05, 0) is 24.5 Å². The van der Waals surface area contributed by atoms with Crippen molar-refractivity contribution in [2.24, 2.45) is 5.73 Å². The van der Waals surface area contributed by atoms with Gasteiger partial charge in [0.15, 0.2) is 0 Å². The zero-order valence-corrected chi connectivity index (χ0v) is 9.74. The molecule has 1 aromatic rings. The number of hydrogen-bond acceptors (Lipinski definition) is 3. The Morgan fingerprint density at radius 3 is 2.81 bits per heavy atom. The molecule has 1 aliphatic carbocycles. The fraction of sp³-hybridized carbons (Fsp3) is 0.417. The van der Waals surface area contributed by atoms with E-state index in [2.05, 4.69) is 0 Å². The van der Waals surface area contributed by atoms with Crippen molar-refractivity contribution < 1.29 is 9.90 Å². The van der Waals surface area contributed by atoms with Crippen LogP contribution in [0.5, 0.6) is 0 Å². The maximum Gasteiger partial charge on any atom is 0.305 e. The van der Waals surface area contributed by atoms with E-state index in [-0.39, 0.29) is 6.42 Å². The highest BCUT2D eigenvalue weighted by Gasteiger charge is 2.24. The summed E-state index contributed by atoms with van der Waals surface area (Å²) >= 11 is 1.82. The van der Waals surface area contributed by atoms with Crippen molar-refractivity contribution in [1.82, 2.24) is 0 Å². The summed E-state index contributed by atoms with van der Waals surface area (Å²) in [7, 11) is 0. The first-order valence-electron chi connectivity index (χ1n) is 5.40. The second-order valence-electron chi connectivity index (χ2n) is 4.06. The Morgan fingerprint density at radius 1 is 1.50 bits per heavy atom. The van der Waals surface area contributed by atoms with E-state index in [1.54, 1.807) is 0 Å². The summed E-state index contributed by atoms with van der Waals surface area (Å²) < 4.78 is 0. The molecule has 1 aromatic carbocycles. The minimum Gasteiger partial charge on any atom is -0.481 e.